The van der Waals surface area contributed by atoms with Crippen LogP contribution in [0.3, 0.4) is 0 Å². The molecule has 0 saturated carbocycles. The highest BCUT2D eigenvalue weighted by Gasteiger charge is 2.44. The van der Waals surface area contributed by atoms with E-state index in [1.807, 2.05) is 0 Å². The summed E-state index contributed by atoms with van der Waals surface area (Å²) in [5.74, 6) is -0.121. The van der Waals surface area contributed by atoms with Gasteiger partial charge in [0.1, 0.15) is 9.99 Å². The lowest BCUT2D eigenvalue weighted by molar-refractivity contribution is -0.119. The zero-order valence-electron chi connectivity index (χ0n) is 10.4. The molecule has 0 aliphatic rings. The molecule has 0 bridgehead atoms. The Kier molecular flexibility index (Phi) is 5.82. The van der Waals surface area contributed by atoms with Crippen LogP contribution in [-0.2, 0) is 19.4 Å². The fraction of sp³-hybridized carbons (Fsp3) is 0.545. The predicted molar refractivity (Wildman–Crippen MR) is 76.7 cm³/mol. The van der Waals surface area contributed by atoms with Gasteiger partial charge >= 0.3 is 0 Å². The Balaban J connectivity index is 2.94. The molecule has 4 nitrogen and oxygen atoms in total. The van der Waals surface area contributed by atoms with E-state index in [1.54, 1.807) is 11.4 Å². The largest absolute Gasteiger partial charge is 0.381 e. The highest BCUT2D eigenvalue weighted by molar-refractivity contribution is 7.97. The minimum absolute atomic E-state index is 0.0671. The van der Waals surface area contributed by atoms with Gasteiger partial charge in [-0.2, -0.15) is 0 Å². The number of rotatable bonds is 7. The van der Waals surface area contributed by atoms with Gasteiger partial charge in [-0.05, 0) is 18.4 Å². The van der Waals surface area contributed by atoms with Gasteiger partial charge in [-0.1, -0.05) is 29.3 Å². The molecule has 1 aromatic rings. The van der Waals surface area contributed by atoms with Gasteiger partial charge in [0.15, 0.2) is 0 Å². The van der Waals surface area contributed by atoms with Gasteiger partial charge < -0.3 is 4.74 Å². The Labute approximate surface area is 126 Å². The third-order valence-electron chi connectivity index (χ3n) is 2.47. The van der Waals surface area contributed by atoms with E-state index in [9.17, 15) is 13.2 Å². The predicted octanol–water partition coefficient (Wildman–Crippen LogP) is 3.04. The lowest BCUT2D eigenvalue weighted by Gasteiger charge is -2.23. The van der Waals surface area contributed by atoms with E-state index in [-0.39, 0.29) is 22.8 Å². The molecule has 0 aromatic carbocycles. The molecule has 0 spiro atoms. The van der Waals surface area contributed by atoms with E-state index >= 15 is 0 Å². The molecule has 108 valence electrons. The number of alkyl halides is 2. The number of ether oxygens (including phenoxy) is 1. The molecule has 19 heavy (non-hydrogen) atoms. The van der Waals surface area contributed by atoms with Gasteiger partial charge in [-0.15, -0.1) is 11.3 Å². The van der Waals surface area contributed by atoms with Crippen LogP contribution < -0.4 is 0 Å². The first-order valence-corrected chi connectivity index (χ1v) is 8.51. The highest BCUT2D eigenvalue weighted by atomic mass is 35.5. The van der Waals surface area contributed by atoms with E-state index in [2.05, 4.69) is 0 Å². The van der Waals surface area contributed by atoms with Crippen molar-refractivity contribution in [1.82, 2.24) is 0 Å². The van der Waals surface area contributed by atoms with Crippen molar-refractivity contribution in [2.24, 2.45) is 0 Å². The first-order chi connectivity index (χ1) is 8.70. The van der Waals surface area contributed by atoms with Crippen molar-refractivity contribution in [2.45, 2.75) is 33.7 Å². The van der Waals surface area contributed by atoms with Crippen molar-refractivity contribution in [3.05, 3.63) is 17.5 Å². The molecular formula is C11H14Cl2O4S2. The molecule has 8 heteroatoms. The number of ketones is 1. The fourth-order valence-electron chi connectivity index (χ4n) is 1.50. The molecule has 0 saturated heterocycles. The van der Waals surface area contributed by atoms with E-state index in [1.165, 1.54) is 20.1 Å². The number of sulfone groups is 1. The minimum Gasteiger partial charge on any atom is -0.381 e. The van der Waals surface area contributed by atoms with Crippen molar-refractivity contribution >= 4 is 50.2 Å². The second kappa shape index (κ2) is 6.54. The van der Waals surface area contributed by atoms with Crippen LogP contribution in [0.5, 0.6) is 0 Å². The molecule has 1 heterocycles. The number of hydrogen-bond acceptors (Lipinski definition) is 5. The van der Waals surface area contributed by atoms with Crippen LogP contribution in [-0.4, -0.2) is 31.1 Å². The van der Waals surface area contributed by atoms with Gasteiger partial charge in [-0.3, -0.25) is 4.79 Å². The lowest BCUT2D eigenvalue weighted by atomic mass is 10.1. The summed E-state index contributed by atoms with van der Waals surface area (Å²) in [6.45, 7) is 1.39. The molecule has 1 rings (SSSR count). The Morgan fingerprint density at radius 3 is 2.58 bits per heavy atom. The van der Waals surface area contributed by atoms with Crippen molar-refractivity contribution in [3.8, 4) is 0 Å². The van der Waals surface area contributed by atoms with E-state index < -0.39 is 19.6 Å². The quantitative estimate of drug-likeness (QED) is 0.713. The first-order valence-electron chi connectivity index (χ1n) is 5.39. The van der Waals surface area contributed by atoms with Crippen LogP contribution in [0, 0.1) is 0 Å². The smallest absolute Gasteiger partial charge is 0.225 e. The molecule has 0 radical (unpaired) electrons. The summed E-state index contributed by atoms with van der Waals surface area (Å²) >= 11 is 13.0. The van der Waals surface area contributed by atoms with Gasteiger partial charge in [0, 0.05) is 20.0 Å². The second-order valence-corrected chi connectivity index (χ2v) is 9.32. The summed E-state index contributed by atoms with van der Waals surface area (Å²) in [5, 5.41) is 1.63. The van der Waals surface area contributed by atoms with Gasteiger partial charge in [-0.25, -0.2) is 8.42 Å². The minimum atomic E-state index is -3.88. The Hall–Kier alpha value is -0.140. The average Bonchev–Trinajstić information content (AvgIpc) is 2.80. The molecule has 0 fully saturated rings. The molecule has 0 amide bonds. The standard InChI is InChI=1S/C11H14Cl2O4S2/c1-8(14)6-9(17-2)7-11(12,13)19(15,16)10-4-3-5-18-10/h3-5,9H,6-7H2,1-2H3. The van der Waals surface area contributed by atoms with Crippen molar-refractivity contribution < 1.29 is 17.9 Å². The third-order valence-corrected chi connectivity index (χ3v) is 7.22. The summed E-state index contributed by atoms with van der Waals surface area (Å²) in [5.41, 5.74) is 0. The van der Waals surface area contributed by atoms with E-state index in [0.717, 1.165) is 11.3 Å². The van der Waals surface area contributed by atoms with Crippen LogP contribution in [0.1, 0.15) is 19.8 Å². The SMILES string of the molecule is COC(CC(C)=O)CC(Cl)(Cl)S(=O)(=O)c1cccs1. The normalized spacial score (nSPS) is 14.3. The van der Waals surface area contributed by atoms with E-state index in [0.29, 0.717) is 0 Å². The molecular weight excluding hydrogens is 331 g/mol. The summed E-state index contributed by atoms with van der Waals surface area (Å²) in [4.78, 5) is 11.1. The maximum atomic E-state index is 12.3. The number of methoxy groups -OCH3 is 1. The Morgan fingerprint density at radius 1 is 1.53 bits per heavy atom. The summed E-state index contributed by atoms with van der Waals surface area (Å²) in [7, 11) is -2.49. The molecule has 1 unspecified atom stereocenters. The summed E-state index contributed by atoms with van der Waals surface area (Å²) < 4.78 is 27.6. The molecule has 0 aliphatic heterocycles. The van der Waals surface area contributed by atoms with Crippen molar-refractivity contribution in [1.29, 1.82) is 0 Å². The van der Waals surface area contributed by atoms with Crippen LogP contribution >= 0.6 is 34.5 Å². The number of carbonyl (C=O) groups excluding carboxylic acids is 1. The first kappa shape index (κ1) is 16.9. The summed E-state index contributed by atoms with van der Waals surface area (Å²) in [6.07, 6.45) is -0.744. The number of thiophene rings is 1. The number of halogens is 2. The number of Topliss-reactive ketones (excluding diaryl/α,β-unsaturated/α-hetero) is 1. The number of carbonyl (C=O) groups is 1. The maximum Gasteiger partial charge on any atom is 0.225 e. The number of hydrogen-bond donors (Lipinski definition) is 0. The van der Waals surface area contributed by atoms with Gasteiger partial charge in [0.25, 0.3) is 0 Å². The van der Waals surface area contributed by atoms with Crippen LogP contribution in [0.2, 0.25) is 0 Å². The van der Waals surface area contributed by atoms with Crippen LogP contribution in [0.25, 0.3) is 0 Å². The van der Waals surface area contributed by atoms with Gasteiger partial charge in [0.05, 0.1) is 6.10 Å². The summed E-state index contributed by atoms with van der Waals surface area (Å²) in [6, 6.07) is 3.04. The zero-order valence-corrected chi connectivity index (χ0v) is 13.6. The van der Waals surface area contributed by atoms with Crippen LogP contribution in [0.4, 0.5) is 0 Å². The lowest BCUT2D eigenvalue weighted by Crippen LogP contribution is -2.32. The van der Waals surface area contributed by atoms with E-state index in [4.69, 9.17) is 27.9 Å². The molecule has 1 atom stereocenters. The Morgan fingerprint density at radius 2 is 2.16 bits per heavy atom. The Bertz CT molecular complexity index is 523. The topological polar surface area (TPSA) is 60.4 Å². The van der Waals surface area contributed by atoms with Crippen LogP contribution in [0.15, 0.2) is 21.7 Å². The van der Waals surface area contributed by atoms with Gasteiger partial charge in [0.2, 0.25) is 13.5 Å². The average molecular weight is 345 g/mol. The second-order valence-electron chi connectivity index (χ2n) is 4.04. The highest BCUT2D eigenvalue weighted by Crippen LogP contribution is 2.40. The molecule has 0 N–H and O–H groups in total. The van der Waals surface area contributed by atoms with Crippen molar-refractivity contribution in [3.63, 3.8) is 0 Å². The fourth-order valence-corrected chi connectivity index (χ4v) is 5.12. The van der Waals surface area contributed by atoms with Crippen molar-refractivity contribution in [2.75, 3.05) is 7.11 Å². The maximum absolute atomic E-state index is 12.3. The molecule has 0 aliphatic carbocycles. The monoisotopic (exact) mass is 344 g/mol. The molecule has 1 aromatic heterocycles. The zero-order chi connectivity index (χ0) is 14.7. The third kappa shape index (κ3) is 4.16.